The molecule has 0 saturated heterocycles. The summed E-state index contributed by atoms with van der Waals surface area (Å²) in [6.45, 7) is 7.90. The molecule has 0 heterocycles. The molecule has 88 valence electrons. The van der Waals surface area contributed by atoms with Gasteiger partial charge in [-0.3, -0.25) is 10.1 Å². The van der Waals surface area contributed by atoms with Crippen LogP contribution in [0.4, 0.5) is 11.4 Å². The minimum absolute atomic E-state index is 0.0547. The maximum atomic E-state index is 10.9. The molecule has 1 rings (SSSR count). The lowest BCUT2D eigenvalue weighted by molar-refractivity contribution is -0.385. The Bertz CT molecular complexity index is 412. The maximum Gasteiger partial charge on any atom is 0.274 e. The molecule has 0 aromatic heterocycles. The second-order valence-corrected chi connectivity index (χ2v) is 4.57. The van der Waals surface area contributed by atoms with Crippen molar-refractivity contribution in [2.45, 2.75) is 39.5 Å². The summed E-state index contributed by atoms with van der Waals surface area (Å²) >= 11 is 0. The van der Waals surface area contributed by atoms with Crippen molar-refractivity contribution in [2.24, 2.45) is 0 Å². The molecule has 2 N–H and O–H groups in total. The number of hydrogen-bond donors (Lipinski definition) is 1. The van der Waals surface area contributed by atoms with Gasteiger partial charge in [-0.1, -0.05) is 27.7 Å². The number of rotatable bonds is 3. The number of anilines is 1. The number of nitrogens with zero attached hydrogens (tertiary/aromatic N) is 1. The van der Waals surface area contributed by atoms with Crippen LogP contribution in [0.15, 0.2) is 12.1 Å². The van der Waals surface area contributed by atoms with Gasteiger partial charge in [0.15, 0.2) is 0 Å². The molecule has 1 aromatic rings. The molecule has 0 atom stereocenters. The molecular formula is C12H18N2O2. The maximum absolute atomic E-state index is 10.9. The Hall–Kier alpha value is -1.58. The summed E-state index contributed by atoms with van der Waals surface area (Å²) < 4.78 is 0. The second-order valence-electron chi connectivity index (χ2n) is 4.57. The van der Waals surface area contributed by atoms with Gasteiger partial charge in [0.25, 0.3) is 5.69 Å². The average molecular weight is 222 g/mol. The van der Waals surface area contributed by atoms with Crippen molar-refractivity contribution in [3.05, 3.63) is 33.4 Å². The normalized spacial score (nSPS) is 11.1. The molecule has 1 aromatic carbocycles. The van der Waals surface area contributed by atoms with Crippen molar-refractivity contribution in [1.82, 2.24) is 0 Å². The van der Waals surface area contributed by atoms with Crippen molar-refractivity contribution < 1.29 is 4.92 Å². The summed E-state index contributed by atoms with van der Waals surface area (Å²) in [5.41, 5.74) is 8.34. The summed E-state index contributed by atoms with van der Waals surface area (Å²) in [6.07, 6.45) is 0. The third kappa shape index (κ3) is 2.15. The van der Waals surface area contributed by atoms with Crippen LogP contribution in [0.2, 0.25) is 0 Å². The molecule has 0 aliphatic carbocycles. The Morgan fingerprint density at radius 1 is 1.19 bits per heavy atom. The molecular weight excluding hydrogens is 204 g/mol. The number of nitro groups is 1. The largest absolute Gasteiger partial charge is 0.398 e. The van der Waals surface area contributed by atoms with Gasteiger partial charge in [0, 0.05) is 11.8 Å². The van der Waals surface area contributed by atoms with Gasteiger partial charge in [-0.05, 0) is 23.5 Å². The van der Waals surface area contributed by atoms with Crippen LogP contribution in [0.5, 0.6) is 0 Å². The van der Waals surface area contributed by atoms with E-state index in [0.29, 0.717) is 11.3 Å². The van der Waals surface area contributed by atoms with Crippen LogP contribution in [-0.2, 0) is 0 Å². The number of nitro benzene ring substituents is 1. The molecule has 0 spiro atoms. The molecule has 4 heteroatoms. The third-order valence-electron chi connectivity index (χ3n) is 2.69. The van der Waals surface area contributed by atoms with E-state index in [1.807, 2.05) is 27.7 Å². The van der Waals surface area contributed by atoms with Crippen molar-refractivity contribution in [1.29, 1.82) is 0 Å². The lowest BCUT2D eigenvalue weighted by Gasteiger charge is -2.16. The van der Waals surface area contributed by atoms with Gasteiger partial charge in [0.05, 0.1) is 10.5 Å². The van der Waals surface area contributed by atoms with Crippen LogP contribution in [-0.4, -0.2) is 4.92 Å². The van der Waals surface area contributed by atoms with Crippen LogP contribution < -0.4 is 5.73 Å². The van der Waals surface area contributed by atoms with Gasteiger partial charge in [0.1, 0.15) is 0 Å². The van der Waals surface area contributed by atoms with E-state index in [0.717, 1.165) is 5.56 Å². The molecule has 0 aliphatic heterocycles. The van der Waals surface area contributed by atoms with Gasteiger partial charge in [0.2, 0.25) is 0 Å². The first-order valence-corrected chi connectivity index (χ1v) is 5.42. The lowest BCUT2D eigenvalue weighted by atomic mass is 9.91. The van der Waals surface area contributed by atoms with Gasteiger partial charge < -0.3 is 5.73 Å². The van der Waals surface area contributed by atoms with Crippen LogP contribution in [0.1, 0.15) is 50.7 Å². The number of hydrogen-bond acceptors (Lipinski definition) is 3. The molecule has 0 bridgehead atoms. The minimum atomic E-state index is -0.365. The van der Waals surface area contributed by atoms with Crippen molar-refractivity contribution in [3.8, 4) is 0 Å². The monoisotopic (exact) mass is 222 g/mol. The Balaban J connectivity index is 3.48. The molecule has 0 fully saturated rings. The van der Waals surface area contributed by atoms with E-state index in [2.05, 4.69) is 0 Å². The summed E-state index contributed by atoms with van der Waals surface area (Å²) in [5, 5.41) is 10.9. The number of nitrogens with two attached hydrogens (primary N) is 1. The SMILES string of the molecule is CC(C)c1ccc([N+](=O)[O-])c(C(C)C)c1N. The predicted octanol–water partition coefficient (Wildman–Crippen LogP) is 3.42. The molecule has 4 nitrogen and oxygen atoms in total. The predicted molar refractivity (Wildman–Crippen MR) is 65.7 cm³/mol. The van der Waals surface area contributed by atoms with E-state index >= 15 is 0 Å². The zero-order valence-electron chi connectivity index (χ0n) is 10.2. The first-order chi connectivity index (χ1) is 7.36. The molecule has 0 saturated carbocycles. The second kappa shape index (κ2) is 4.51. The van der Waals surface area contributed by atoms with Crippen molar-refractivity contribution in [3.63, 3.8) is 0 Å². The third-order valence-corrected chi connectivity index (χ3v) is 2.69. The Kier molecular flexibility index (Phi) is 3.52. The summed E-state index contributed by atoms with van der Waals surface area (Å²) in [6, 6.07) is 3.31. The quantitative estimate of drug-likeness (QED) is 0.484. The number of benzene rings is 1. The van der Waals surface area contributed by atoms with E-state index in [1.165, 1.54) is 0 Å². The summed E-state index contributed by atoms with van der Waals surface area (Å²) in [5.74, 6) is 0.331. The zero-order chi connectivity index (χ0) is 12.5. The molecule has 0 aliphatic rings. The van der Waals surface area contributed by atoms with Crippen LogP contribution in [0.25, 0.3) is 0 Å². The highest BCUT2D eigenvalue weighted by atomic mass is 16.6. The van der Waals surface area contributed by atoms with Gasteiger partial charge in [-0.25, -0.2) is 0 Å². The molecule has 0 amide bonds. The highest BCUT2D eigenvalue weighted by Gasteiger charge is 2.22. The fourth-order valence-corrected chi connectivity index (χ4v) is 1.91. The first kappa shape index (κ1) is 12.5. The lowest BCUT2D eigenvalue weighted by Crippen LogP contribution is -2.06. The van der Waals surface area contributed by atoms with Crippen molar-refractivity contribution in [2.75, 3.05) is 5.73 Å². The summed E-state index contributed by atoms with van der Waals surface area (Å²) in [7, 11) is 0. The van der Waals surface area contributed by atoms with E-state index in [4.69, 9.17) is 5.73 Å². The zero-order valence-corrected chi connectivity index (χ0v) is 10.2. The Morgan fingerprint density at radius 3 is 2.12 bits per heavy atom. The van der Waals surface area contributed by atoms with E-state index in [9.17, 15) is 10.1 Å². The van der Waals surface area contributed by atoms with Gasteiger partial charge in [-0.15, -0.1) is 0 Å². The Labute approximate surface area is 95.6 Å². The number of nitrogen functional groups attached to an aromatic ring is 1. The fourth-order valence-electron chi connectivity index (χ4n) is 1.91. The Morgan fingerprint density at radius 2 is 1.75 bits per heavy atom. The van der Waals surface area contributed by atoms with Gasteiger partial charge >= 0.3 is 0 Å². The fraction of sp³-hybridized carbons (Fsp3) is 0.500. The van der Waals surface area contributed by atoms with Crippen LogP contribution in [0, 0.1) is 10.1 Å². The van der Waals surface area contributed by atoms with Gasteiger partial charge in [-0.2, -0.15) is 0 Å². The minimum Gasteiger partial charge on any atom is -0.398 e. The summed E-state index contributed by atoms with van der Waals surface area (Å²) in [4.78, 5) is 10.5. The van der Waals surface area contributed by atoms with E-state index in [-0.39, 0.29) is 22.4 Å². The molecule has 0 radical (unpaired) electrons. The smallest absolute Gasteiger partial charge is 0.274 e. The molecule has 0 unspecified atom stereocenters. The standard InChI is InChI=1S/C12H18N2O2/c1-7(2)9-5-6-10(14(15)16)11(8(3)4)12(9)13/h5-8H,13H2,1-4H3. The topological polar surface area (TPSA) is 69.2 Å². The van der Waals surface area contributed by atoms with E-state index in [1.54, 1.807) is 12.1 Å². The highest BCUT2D eigenvalue weighted by molar-refractivity contribution is 5.64. The average Bonchev–Trinajstić information content (AvgIpc) is 2.15. The van der Waals surface area contributed by atoms with Crippen LogP contribution in [0.3, 0.4) is 0 Å². The first-order valence-electron chi connectivity index (χ1n) is 5.42. The van der Waals surface area contributed by atoms with E-state index < -0.39 is 0 Å². The molecule has 16 heavy (non-hydrogen) atoms. The van der Waals surface area contributed by atoms with Crippen molar-refractivity contribution >= 4 is 11.4 Å². The van der Waals surface area contributed by atoms with Crippen LogP contribution >= 0.6 is 0 Å². The highest BCUT2D eigenvalue weighted by Crippen LogP contribution is 2.36.